The third-order valence-electron chi connectivity index (χ3n) is 3.84. The Balaban J connectivity index is 2.09. The zero-order valence-electron chi connectivity index (χ0n) is 11.5. The molecule has 102 valence electrons. The van der Waals surface area contributed by atoms with Crippen molar-refractivity contribution in [1.82, 2.24) is 4.98 Å². The summed E-state index contributed by atoms with van der Waals surface area (Å²) in [5.41, 5.74) is 8.04. The SMILES string of the molecule is N#Cc1cc2cc(N)ccc2nc1N1CCCCCC1. The lowest BCUT2D eigenvalue weighted by Gasteiger charge is -2.22. The Bertz CT molecular complexity index is 664. The summed E-state index contributed by atoms with van der Waals surface area (Å²) in [6.07, 6.45) is 4.88. The zero-order chi connectivity index (χ0) is 13.9. The van der Waals surface area contributed by atoms with Crippen LogP contribution in [0, 0.1) is 11.3 Å². The number of nitrogens with zero attached hydrogens (tertiary/aromatic N) is 3. The van der Waals surface area contributed by atoms with Crippen LogP contribution < -0.4 is 10.6 Å². The smallest absolute Gasteiger partial charge is 0.147 e. The Kier molecular flexibility index (Phi) is 3.42. The van der Waals surface area contributed by atoms with E-state index in [2.05, 4.69) is 11.0 Å². The summed E-state index contributed by atoms with van der Waals surface area (Å²) < 4.78 is 0. The normalized spacial score (nSPS) is 15.8. The van der Waals surface area contributed by atoms with Gasteiger partial charge in [0.1, 0.15) is 11.9 Å². The standard InChI is InChI=1S/C16H18N4/c17-11-13-9-12-10-14(18)5-6-15(12)19-16(13)20-7-3-1-2-4-8-20/h5-6,9-10H,1-4,7-8,18H2. The molecule has 0 radical (unpaired) electrons. The molecule has 20 heavy (non-hydrogen) atoms. The predicted octanol–water partition coefficient (Wildman–Crippen LogP) is 3.07. The summed E-state index contributed by atoms with van der Waals surface area (Å²) in [5, 5.41) is 10.3. The van der Waals surface area contributed by atoms with Gasteiger partial charge in [0.25, 0.3) is 0 Å². The summed E-state index contributed by atoms with van der Waals surface area (Å²) in [7, 11) is 0. The highest BCUT2D eigenvalue weighted by molar-refractivity contribution is 5.85. The molecule has 1 aliphatic rings. The van der Waals surface area contributed by atoms with Gasteiger partial charge in [-0.15, -0.1) is 0 Å². The lowest BCUT2D eigenvalue weighted by atomic mass is 10.1. The Morgan fingerprint density at radius 2 is 1.85 bits per heavy atom. The molecule has 1 aromatic heterocycles. The van der Waals surface area contributed by atoms with Gasteiger partial charge < -0.3 is 10.6 Å². The van der Waals surface area contributed by atoms with Crippen LogP contribution in [0.2, 0.25) is 0 Å². The average Bonchev–Trinajstić information content (AvgIpc) is 2.74. The Labute approximate surface area is 118 Å². The quantitative estimate of drug-likeness (QED) is 0.805. The van der Waals surface area contributed by atoms with Crippen molar-refractivity contribution < 1.29 is 0 Å². The van der Waals surface area contributed by atoms with Gasteiger partial charge in [0.2, 0.25) is 0 Å². The number of hydrogen-bond acceptors (Lipinski definition) is 4. The molecule has 1 aromatic carbocycles. The van der Waals surface area contributed by atoms with Crippen LogP contribution in [0.15, 0.2) is 24.3 Å². The molecule has 4 heteroatoms. The van der Waals surface area contributed by atoms with Gasteiger partial charge in [-0.2, -0.15) is 5.26 Å². The third-order valence-corrected chi connectivity index (χ3v) is 3.84. The summed E-state index contributed by atoms with van der Waals surface area (Å²) in [6.45, 7) is 1.98. The minimum absolute atomic E-state index is 0.644. The maximum Gasteiger partial charge on any atom is 0.147 e. The molecule has 3 rings (SSSR count). The molecular formula is C16H18N4. The van der Waals surface area contributed by atoms with E-state index in [4.69, 9.17) is 10.7 Å². The lowest BCUT2D eigenvalue weighted by molar-refractivity contribution is 0.726. The van der Waals surface area contributed by atoms with Gasteiger partial charge in [-0.05, 0) is 37.1 Å². The first kappa shape index (κ1) is 12.7. The van der Waals surface area contributed by atoms with E-state index in [1.54, 1.807) is 0 Å². The summed E-state index contributed by atoms with van der Waals surface area (Å²) in [5.74, 6) is 0.826. The first-order valence-electron chi connectivity index (χ1n) is 7.13. The molecule has 4 nitrogen and oxygen atoms in total. The van der Waals surface area contributed by atoms with Crippen molar-refractivity contribution in [2.24, 2.45) is 0 Å². The topological polar surface area (TPSA) is 65.9 Å². The molecule has 0 atom stereocenters. The van der Waals surface area contributed by atoms with Crippen molar-refractivity contribution >= 4 is 22.4 Å². The van der Waals surface area contributed by atoms with E-state index in [0.717, 1.165) is 29.8 Å². The average molecular weight is 266 g/mol. The van der Waals surface area contributed by atoms with E-state index >= 15 is 0 Å². The molecule has 2 aromatic rings. The highest BCUT2D eigenvalue weighted by Gasteiger charge is 2.16. The first-order chi connectivity index (χ1) is 9.78. The number of nitriles is 1. The van der Waals surface area contributed by atoms with E-state index in [1.165, 1.54) is 25.7 Å². The summed E-state index contributed by atoms with van der Waals surface area (Å²) in [4.78, 5) is 6.95. The van der Waals surface area contributed by atoms with Crippen LogP contribution in [0.1, 0.15) is 31.2 Å². The Morgan fingerprint density at radius 3 is 2.55 bits per heavy atom. The molecule has 0 bridgehead atoms. The number of fused-ring (bicyclic) bond motifs is 1. The van der Waals surface area contributed by atoms with Crippen molar-refractivity contribution in [2.75, 3.05) is 23.7 Å². The molecule has 0 amide bonds. The minimum atomic E-state index is 0.644. The van der Waals surface area contributed by atoms with Gasteiger partial charge in [0, 0.05) is 24.2 Å². The number of aromatic nitrogens is 1. The molecule has 1 saturated heterocycles. The van der Waals surface area contributed by atoms with Gasteiger partial charge >= 0.3 is 0 Å². The maximum atomic E-state index is 9.40. The second-order valence-corrected chi connectivity index (χ2v) is 5.32. The summed E-state index contributed by atoms with van der Waals surface area (Å²) in [6, 6.07) is 9.83. The predicted molar refractivity (Wildman–Crippen MR) is 81.6 cm³/mol. The molecule has 0 aliphatic carbocycles. The van der Waals surface area contributed by atoms with E-state index in [9.17, 15) is 5.26 Å². The van der Waals surface area contributed by atoms with Crippen molar-refractivity contribution in [2.45, 2.75) is 25.7 Å². The van der Waals surface area contributed by atoms with Crippen LogP contribution in [0.25, 0.3) is 10.9 Å². The summed E-state index contributed by atoms with van der Waals surface area (Å²) >= 11 is 0. The van der Waals surface area contributed by atoms with Crippen molar-refractivity contribution in [3.8, 4) is 6.07 Å². The largest absolute Gasteiger partial charge is 0.399 e. The van der Waals surface area contributed by atoms with Crippen LogP contribution in [-0.2, 0) is 0 Å². The number of pyridine rings is 1. The number of anilines is 2. The number of nitrogen functional groups attached to an aromatic ring is 1. The first-order valence-corrected chi connectivity index (χ1v) is 7.13. The zero-order valence-corrected chi connectivity index (χ0v) is 11.5. The van der Waals surface area contributed by atoms with Crippen LogP contribution in [0.5, 0.6) is 0 Å². The second kappa shape index (κ2) is 5.38. The second-order valence-electron chi connectivity index (χ2n) is 5.32. The van der Waals surface area contributed by atoms with Crippen molar-refractivity contribution in [1.29, 1.82) is 5.26 Å². The minimum Gasteiger partial charge on any atom is -0.399 e. The Morgan fingerprint density at radius 1 is 1.10 bits per heavy atom. The lowest BCUT2D eigenvalue weighted by Crippen LogP contribution is -2.25. The van der Waals surface area contributed by atoms with Gasteiger partial charge in [-0.25, -0.2) is 4.98 Å². The molecule has 1 fully saturated rings. The van der Waals surface area contributed by atoms with Gasteiger partial charge in [-0.3, -0.25) is 0 Å². The monoisotopic (exact) mass is 266 g/mol. The van der Waals surface area contributed by atoms with Gasteiger partial charge in [0.15, 0.2) is 0 Å². The number of rotatable bonds is 1. The fraction of sp³-hybridized carbons (Fsp3) is 0.375. The van der Waals surface area contributed by atoms with Crippen LogP contribution in [0.3, 0.4) is 0 Å². The fourth-order valence-electron chi connectivity index (χ4n) is 2.79. The van der Waals surface area contributed by atoms with E-state index in [-0.39, 0.29) is 0 Å². The highest BCUT2D eigenvalue weighted by atomic mass is 15.2. The number of nitrogens with two attached hydrogens (primary N) is 1. The van der Waals surface area contributed by atoms with Gasteiger partial charge in [0.05, 0.1) is 11.1 Å². The molecular weight excluding hydrogens is 248 g/mol. The van der Waals surface area contributed by atoms with Crippen molar-refractivity contribution in [3.05, 3.63) is 29.8 Å². The molecule has 2 N–H and O–H groups in total. The molecule has 0 saturated carbocycles. The van der Waals surface area contributed by atoms with Crippen LogP contribution in [-0.4, -0.2) is 18.1 Å². The van der Waals surface area contributed by atoms with E-state index < -0.39 is 0 Å². The molecule has 0 spiro atoms. The van der Waals surface area contributed by atoms with Gasteiger partial charge in [-0.1, -0.05) is 12.8 Å². The number of benzene rings is 1. The van der Waals surface area contributed by atoms with Crippen LogP contribution >= 0.6 is 0 Å². The maximum absolute atomic E-state index is 9.40. The van der Waals surface area contributed by atoms with E-state index in [1.807, 2.05) is 24.3 Å². The fourth-order valence-corrected chi connectivity index (χ4v) is 2.79. The number of hydrogen-bond donors (Lipinski definition) is 1. The highest BCUT2D eigenvalue weighted by Crippen LogP contribution is 2.26. The van der Waals surface area contributed by atoms with E-state index in [0.29, 0.717) is 11.3 Å². The third kappa shape index (κ3) is 2.39. The Hall–Kier alpha value is -2.28. The van der Waals surface area contributed by atoms with Crippen molar-refractivity contribution in [3.63, 3.8) is 0 Å². The van der Waals surface area contributed by atoms with Crippen LogP contribution in [0.4, 0.5) is 11.5 Å². The molecule has 1 aliphatic heterocycles. The molecule has 0 unspecified atom stereocenters. The molecule has 2 heterocycles.